The molecule has 16 heavy (non-hydrogen) atoms. The first-order valence-corrected chi connectivity index (χ1v) is 6.28. The van der Waals surface area contributed by atoms with Gasteiger partial charge in [-0.2, -0.15) is 0 Å². The molecule has 1 amide bonds. The van der Waals surface area contributed by atoms with Gasteiger partial charge in [-0.3, -0.25) is 9.69 Å². The van der Waals surface area contributed by atoms with Crippen LogP contribution < -0.4 is 5.73 Å². The van der Waals surface area contributed by atoms with Crippen molar-refractivity contribution in [3.63, 3.8) is 0 Å². The van der Waals surface area contributed by atoms with Crippen LogP contribution in [0.4, 0.5) is 0 Å². The Morgan fingerprint density at radius 1 is 1.25 bits per heavy atom. The molecule has 0 heterocycles. The van der Waals surface area contributed by atoms with Gasteiger partial charge in [0, 0.05) is 19.1 Å². The summed E-state index contributed by atoms with van der Waals surface area (Å²) in [6.45, 7) is 8.92. The predicted octanol–water partition coefficient (Wildman–Crippen LogP) is 0.914. The number of amides is 1. The van der Waals surface area contributed by atoms with Gasteiger partial charge in [-0.15, -0.1) is 0 Å². The quantitative estimate of drug-likeness (QED) is 0.673. The fourth-order valence-electron chi connectivity index (χ4n) is 1.95. The molecule has 4 nitrogen and oxygen atoms in total. The van der Waals surface area contributed by atoms with Gasteiger partial charge in [-0.05, 0) is 40.3 Å². The number of rotatable bonds is 8. The van der Waals surface area contributed by atoms with E-state index in [-0.39, 0.29) is 5.91 Å². The standard InChI is InChI=1S/C12H27N3O/c1-5-11(8-9-13)14(4)10-12(16)15(6-2)7-3/h11H,5-10,13H2,1-4H3. The lowest BCUT2D eigenvalue weighted by Crippen LogP contribution is -2.43. The van der Waals surface area contributed by atoms with Crippen LogP contribution in [0.1, 0.15) is 33.6 Å². The van der Waals surface area contributed by atoms with Crippen LogP contribution in [0.25, 0.3) is 0 Å². The molecule has 0 aliphatic rings. The topological polar surface area (TPSA) is 49.6 Å². The second kappa shape index (κ2) is 8.53. The minimum atomic E-state index is 0.211. The molecule has 0 aromatic carbocycles. The van der Waals surface area contributed by atoms with E-state index in [2.05, 4.69) is 11.8 Å². The zero-order chi connectivity index (χ0) is 12.6. The highest BCUT2D eigenvalue weighted by Gasteiger charge is 2.17. The van der Waals surface area contributed by atoms with Gasteiger partial charge < -0.3 is 10.6 Å². The van der Waals surface area contributed by atoms with E-state index in [0.717, 1.165) is 25.9 Å². The van der Waals surface area contributed by atoms with Gasteiger partial charge in [0.2, 0.25) is 5.91 Å². The van der Waals surface area contributed by atoms with Gasteiger partial charge >= 0.3 is 0 Å². The molecule has 0 aromatic heterocycles. The van der Waals surface area contributed by atoms with Crippen molar-refractivity contribution in [2.24, 2.45) is 5.73 Å². The van der Waals surface area contributed by atoms with Crippen LogP contribution >= 0.6 is 0 Å². The summed E-state index contributed by atoms with van der Waals surface area (Å²) >= 11 is 0. The minimum absolute atomic E-state index is 0.211. The van der Waals surface area contributed by atoms with E-state index < -0.39 is 0 Å². The maximum atomic E-state index is 11.9. The fraction of sp³-hybridized carbons (Fsp3) is 0.917. The van der Waals surface area contributed by atoms with Crippen LogP contribution in [0.15, 0.2) is 0 Å². The summed E-state index contributed by atoms with van der Waals surface area (Å²) in [7, 11) is 2.01. The van der Waals surface area contributed by atoms with Gasteiger partial charge in [0.15, 0.2) is 0 Å². The van der Waals surface area contributed by atoms with Gasteiger partial charge in [-0.25, -0.2) is 0 Å². The van der Waals surface area contributed by atoms with Crippen LogP contribution in [-0.4, -0.2) is 55.0 Å². The Morgan fingerprint density at radius 2 is 1.81 bits per heavy atom. The van der Waals surface area contributed by atoms with Crippen molar-refractivity contribution in [3.05, 3.63) is 0 Å². The first-order chi connectivity index (χ1) is 7.60. The van der Waals surface area contributed by atoms with Crippen molar-refractivity contribution < 1.29 is 4.79 Å². The molecule has 1 unspecified atom stereocenters. The Labute approximate surface area is 99.8 Å². The average Bonchev–Trinajstić information content (AvgIpc) is 2.27. The lowest BCUT2D eigenvalue weighted by atomic mass is 10.1. The Hall–Kier alpha value is -0.610. The lowest BCUT2D eigenvalue weighted by molar-refractivity contribution is -0.132. The molecule has 0 saturated heterocycles. The number of likely N-dealkylation sites (N-methyl/N-ethyl adjacent to an activating group) is 2. The molecule has 0 fully saturated rings. The van der Waals surface area contributed by atoms with Crippen molar-refractivity contribution in [1.82, 2.24) is 9.80 Å². The SMILES string of the molecule is CCC(CCN)N(C)CC(=O)N(CC)CC. The number of carbonyl (C=O) groups excluding carboxylic acids is 1. The molecule has 0 aromatic rings. The molecule has 4 heteroatoms. The number of hydrogen-bond acceptors (Lipinski definition) is 3. The summed E-state index contributed by atoms with van der Waals surface area (Å²) in [5.41, 5.74) is 5.56. The molecule has 0 bridgehead atoms. The Kier molecular flexibility index (Phi) is 8.21. The van der Waals surface area contributed by atoms with E-state index in [1.807, 2.05) is 25.8 Å². The van der Waals surface area contributed by atoms with E-state index >= 15 is 0 Å². The molecule has 0 radical (unpaired) electrons. The second-order valence-electron chi connectivity index (χ2n) is 4.12. The minimum Gasteiger partial charge on any atom is -0.342 e. The molecule has 0 saturated carbocycles. The molecule has 1 atom stereocenters. The Morgan fingerprint density at radius 3 is 2.19 bits per heavy atom. The molecule has 2 N–H and O–H groups in total. The maximum absolute atomic E-state index is 11.9. The van der Waals surface area contributed by atoms with Crippen molar-refractivity contribution in [1.29, 1.82) is 0 Å². The first kappa shape index (κ1) is 15.4. The first-order valence-electron chi connectivity index (χ1n) is 6.28. The van der Waals surface area contributed by atoms with Crippen molar-refractivity contribution in [2.45, 2.75) is 39.7 Å². The zero-order valence-electron chi connectivity index (χ0n) is 11.2. The van der Waals surface area contributed by atoms with Crippen molar-refractivity contribution in [3.8, 4) is 0 Å². The molecule has 0 rings (SSSR count). The van der Waals surface area contributed by atoms with Crippen LogP contribution in [0, 0.1) is 0 Å². The molecular weight excluding hydrogens is 202 g/mol. The largest absolute Gasteiger partial charge is 0.342 e. The van der Waals surface area contributed by atoms with E-state index in [9.17, 15) is 4.79 Å². The molecule has 96 valence electrons. The highest BCUT2D eigenvalue weighted by atomic mass is 16.2. The van der Waals surface area contributed by atoms with Gasteiger partial charge in [-0.1, -0.05) is 6.92 Å². The third-order valence-electron chi connectivity index (χ3n) is 3.10. The summed E-state index contributed by atoms with van der Waals surface area (Å²) in [6.07, 6.45) is 2.00. The third kappa shape index (κ3) is 4.94. The van der Waals surface area contributed by atoms with Crippen molar-refractivity contribution in [2.75, 3.05) is 33.2 Å². The normalized spacial score (nSPS) is 12.9. The van der Waals surface area contributed by atoms with Crippen LogP contribution in [0.3, 0.4) is 0 Å². The second-order valence-corrected chi connectivity index (χ2v) is 4.12. The zero-order valence-corrected chi connectivity index (χ0v) is 11.2. The summed E-state index contributed by atoms with van der Waals surface area (Å²) in [6, 6.07) is 0.421. The van der Waals surface area contributed by atoms with Gasteiger partial charge in [0.1, 0.15) is 0 Å². The van der Waals surface area contributed by atoms with E-state index in [1.165, 1.54) is 0 Å². The third-order valence-corrected chi connectivity index (χ3v) is 3.10. The molecule has 0 aliphatic heterocycles. The summed E-state index contributed by atoms with van der Waals surface area (Å²) in [5, 5.41) is 0. The molecule has 0 spiro atoms. The average molecular weight is 229 g/mol. The summed E-state index contributed by atoms with van der Waals surface area (Å²) in [5.74, 6) is 0.211. The van der Waals surface area contributed by atoms with Crippen molar-refractivity contribution >= 4 is 5.91 Å². The monoisotopic (exact) mass is 229 g/mol. The van der Waals surface area contributed by atoms with Crippen LogP contribution in [0.5, 0.6) is 0 Å². The van der Waals surface area contributed by atoms with Gasteiger partial charge in [0.25, 0.3) is 0 Å². The van der Waals surface area contributed by atoms with E-state index in [0.29, 0.717) is 19.1 Å². The maximum Gasteiger partial charge on any atom is 0.236 e. The Bertz CT molecular complexity index is 193. The molecular formula is C12H27N3O. The number of hydrogen-bond donors (Lipinski definition) is 1. The van der Waals surface area contributed by atoms with Crippen LogP contribution in [-0.2, 0) is 4.79 Å². The predicted molar refractivity (Wildman–Crippen MR) is 68.3 cm³/mol. The smallest absolute Gasteiger partial charge is 0.236 e. The van der Waals surface area contributed by atoms with Gasteiger partial charge in [0.05, 0.1) is 6.54 Å². The number of carbonyl (C=O) groups is 1. The lowest BCUT2D eigenvalue weighted by Gasteiger charge is -2.28. The highest BCUT2D eigenvalue weighted by Crippen LogP contribution is 2.06. The summed E-state index contributed by atoms with van der Waals surface area (Å²) < 4.78 is 0. The Balaban J connectivity index is 4.19. The highest BCUT2D eigenvalue weighted by molar-refractivity contribution is 5.78. The van der Waals surface area contributed by atoms with E-state index in [1.54, 1.807) is 0 Å². The number of nitrogens with zero attached hydrogens (tertiary/aromatic N) is 2. The van der Waals surface area contributed by atoms with E-state index in [4.69, 9.17) is 5.73 Å². The fourth-order valence-corrected chi connectivity index (χ4v) is 1.95. The number of nitrogens with two attached hydrogens (primary N) is 1. The summed E-state index contributed by atoms with van der Waals surface area (Å²) in [4.78, 5) is 15.9. The molecule has 0 aliphatic carbocycles. The van der Waals surface area contributed by atoms with Crippen LogP contribution in [0.2, 0.25) is 0 Å².